The van der Waals surface area contributed by atoms with Crippen LogP contribution in [-0.2, 0) is 6.18 Å². The Kier molecular flexibility index (Phi) is 3.90. The molecule has 9 heteroatoms. The molecule has 2 aromatic rings. The van der Waals surface area contributed by atoms with Gasteiger partial charge in [0, 0.05) is 11.2 Å². The highest BCUT2D eigenvalue weighted by Gasteiger charge is 2.51. The zero-order chi connectivity index (χ0) is 19.8. The van der Waals surface area contributed by atoms with Gasteiger partial charge in [-0.2, -0.15) is 18.3 Å². The summed E-state index contributed by atoms with van der Waals surface area (Å²) in [6.07, 6.45) is 2.01. The predicted octanol–water partition coefficient (Wildman–Crippen LogP) is 4.52. The van der Waals surface area contributed by atoms with Crippen LogP contribution in [0.15, 0.2) is 10.5 Å². The van der Waals surface area contributed by atoms with Crippen molar-refractivity contribution in [1.82, 2.24) is 19.9 Å². The molecule has 0 aromatic carbocycles. The number of fused-ring (bicyclic) bond motifs is 1. The van der Waals surface area contributed by atoms with Crippen LogP contribution in [-0.4, -0.2) is 26.0 Å². The fraction of sp³-hybridized carbons (Fsp3) is 0.632. The predicted molar refractivity (Wildman–Crippen MR) is 98.8 cm³/mol. The SMILES string of the molecule is Cc1cc(C(F)(F)F)n2nc(C(=O)NC34CC5CC(CC(C5)C3)C4)c(Br)c2n1. The van der Waals surface area contributed by atoms with Gasteiger partial charge in [-0.1, -0.05) is 0 Å². The quantitative estimate of drug-likeness (QED) is 0.722. The molecule has 5 nitrogen and oxygen atoms in total. The average molecular weight is 457 g/mol. The van der Waals surface area contributed by atoms with Crippen LogP contribution in [0.3, 0.4) is 0 Å². The second-order valence-electron chi connectivity index (χ2n) is 8.83. The van der Waals surface area contributed by atoms with Crippen molar-refractivity contribution in [1.29, 1.82) is 0 Å². The third-order valence-electron chi connectivity index (χ3n) is 6.58. The van der Waals surface area contributed by atoms with Gasteiger partial charge >= 0.3 is 6.18 Å². The third kappa shape index (κ3) is 2.84. The lowest BCUT2D eigenvalue weighted by atomic mass is 9.53. The molecular weight excluding hydrogens is 437 g/mol. The van der Waals surface area contributed by atoms with E-state index in [9.17, 15) is 18.0 Å². The number of aromatic nitrogens is 3. The number of alkyl halides is 3. The lowest BCUT2D eigenvalue weighted by Crippen LogP contribution is -2.59. The number of amides is 1. The molecule has 4 aliphatic rings. The van der Waals surface area contributed by atoms with Crippen LogP contribution in [0.1, 0.15) is 60.4 Å². The molecule has 2 heterocycles. The summed E-state index contributed by atoms with van der Waals surface area (Å²) in [5, 5.41) is 7.15. The fourth-order valence-corrected chi connectivity index (χ4v) is 6.54. The molecular formula is C19H20BrF3N4O. The normalized spacial score (nSPS) is 31.5. The smallest absolute Gasteiger partial charge is 0.345 e. The Hall–Kier alpha value is -1.64. The molecule has 4 aliphatic carbocycles. The van der Waals surface area contributed by atoms with Crippen molar-refractivity contribution in [3.05, 3.63) is 27.6 Å². The summed E-state index contributed by atoms with van der Waals surface area (Å²) in [4.78, 5) is 17.2. The van der Waals surface area contributed by atoms with Gasteiger partial charge in [-0.05, 0) is 85.2 Å². The Bertz CT molecular complexity index is 948. The number of nitrogens with zero attached hydrogens (tertiary/aromatic N) is 3. The van der Waals surface area contributed by atoms with E-state index in [1.54, 1.807) is 0 Å². The summed E-state index contributed by atoms with van der Waals surface area (Å²) in [5.41, 5.74) is -1.00. The highest BCUT2D eigenvalue weighted by atomic mass is 79.9. The zero-order valence-corrected chi connectivity index (χ0v) is 16.9. The summed E-state index contributed by atoms with van der Waals surface area (Å²) in [5.74, 6) is 1.52. The van der Waals surface area contributed by atoms with E-state index in [0.29, 0.717) is 22.3 Å². The summed E-state index contributed by atoms with van der Waals surface area (Å²) >= 11 is 3.26. The van der Waals surface area contributed by atoms with Crippen LogP contribution in [0.5, 0.6) is 0 Å². The first kappa shape index (κ1) is 18.4. The van der Waals surface area contributed by atoms with Crippen molar-refractivity contribution in [3.8, 4) is 0 Å². The van der Waals surface area contributed by atoms with E-state index in [2.05, 4.69) is 31.3 Å². The van der Waals surface area contributed by atoms with Crippen LogP contribution < -0.4 is 5.32 Å². The van der Waals surface area contributed by atoms with Crippen molar-refractivity contribution in [2.45, 2.75) is 57.2 Å². The zero-order valence-electron chi connectivity index (χ0n) is 15.3. The summed E-state index contributed by atoms with van der Waals surface area (Å²) in [6.45, 7) is 1.49. The maximum absolute atomic E-state index is 13.4. The Morgan fingerprint density at radius 2 is 1.79 bits per heavy atom. The van der Waals surface area contributed by atoms with E-state index in [4.69, 9.17) is 0 Å². The van der Waals surface area contributed by atoms with Crippen LogP contribution in [0.2, 0.25) is 0 Å². The van der Waals surface area contributed by atoms with Gasteiger partial charge in [0.05, 0.1) is 4.47 Å². The first-order chi connectivity index (χ1) is 13.1. The van der Waals surface area contributed by atoms with Gasteiger partial charge < -0.3 is 5.32 Å². The van der Waals surface area contributed by atoms with Crippen LogP contribution >= 0.6 is 15.9 Å². The number of rotatable bonds is 2. The number of nitrogens with one attached hydrogen (secondary N) is 1. The second-order valence-corrected chi connectivity index (χ2v) is 9.62. The summed E-state index contributed by atoms with van der Waals surface area (Å²) in [6, 6.07) is 0.938. The van der Waals surface area contributed by atoms with Crippen molar-refractivity contribution < 1.29 is 18.0 Å². The Morgan fingerprint density at radius 3 is 2.32 bits per heavy atom. The van der Waals surface area contributed by atoms with Gasteiger partial charge in [-0.3, -0.25) is 4.79 Å². The Labute approximate surface area is 168 Å². The van der Waals surface area contributed by atoms with Gasteiger partial charge in [0.2, 0.25) is 0 Å². The van der Waals surface area contributed by atoms with Gasteiger partial charge in [-0.15, -0.1) is 0 Å². The molecule has 0 radical (unpaired) electrons. The second kappa shape index (κ2) is 5.93. The number of hydrogen-bond acceptors (Lipinski definition) is 3. The van der Waals surface area contributed by atoms with Gasteiger partial charge in [0.1, 0.15) is 5.69 Å². The van der Waals surface area contributed by atoms with Crippen LogP contribution in [0.4, 0.5) is 13.2 Å². The number of aryl methyl sites for hydroxylation is 1. The van der Waals surface area contributed by atoms with Gasteiger partial charge in [-0.25, -0.2) is 9.50 Å². The van der Waals surface area contributed by atoms with Crippen molar-refractivity contribution in [3.63, 3.8) is 0 Å². The van der Waals surface area contributed by atoms with E-state index >= 15 is 0 Å². The molecule has 6 rings (SSSR count). The number of halogens is 4. The molecule has 0 saturated heterocycles. The number of hydrogen-bond donors (Lipinski definition) is 1. The lowest BCUT2D eigenvalue weighted by Gasteiger charge is -2.56. The average Bonchev–Trinajstić information content (AvgIpc) is 2.88. The molecule has 0 atom stereocenters. The minimum Gasteiger partial charge on any atom is -0.345 e. The first-order valence-electron chi connectivity index (χ1n) is 9.59. The fourth-order valence-electron chi connectivity index (χ4n) is 6.02. The standard InChI is InChI=1S/C19H20BrF3N4O/c1-9-2-13(19(21,22)23)27-16(24-9)14(20)15(26-27)17(28)25-18-6-10-3-11(7-18)5-12(4-10)8-18/h2,10-12H,3-8H2,1H3,(H,25,28). The van der Waals surface area contributed by atoms with Crippen LogP contribution in [0.25, 0.3) is 5.65 Å². The number of carbonyl (C=O) groups excluding carboxylic acids is 1. The lowest BCUT2D eigenvalue weighted by molar-refractivity contribution is -0.142. The molecule has 2 aromatic heterocycles. The minimum atomic E-state index is -4.59. The van der Waals surface area contributed by atoms with Crippen molar-refractivity contribution in [2.24, 2.45) is 17.8 Å². The minimum absolute atomic E-state index is 0.00277. The molecule has 28 heavy (non-hydrogen) atoms. The molecule has 150 valence electrons. The maximum atomic E-state index is 13.4. The summed E-state index contributed by atoms with van der Waals surface area (Å²) in [7, 11) is 0. The highest BCUT2D eigenvalue weighted by molar-refractivity contribution is 9.10. The highest BCUT2D eigenvalue weighted by Crippen LogP contribution is 2.55. The Morgan fingerprint density at radius 1 is 1.21 bits per heavy atom. The first-order valence-corrected chi connectivity index (χ1v) is 10.4. The van der Waals surface area contributed by atoms with E-state index in [1.165, 1.54) is 26.2 Å². The van der Waals surface area contributed by atoms with Gasteiger partial charge in [0.25, 0.3) is 5.91 Å². The van der Waals surface area contributed by atoms with E-state index in [1.807, 2.05) is 0 Å². The van der Waals surface area contributed by atoms with E-state index in [-0.39, 0.29) is 27.0 Å². The van der Waals surface area contributed by atoms with Gasteiger partial charge in [0.15, 0.2) is 11.3 Å². The molecule has 0 aliphatic heterocycles. The molecule has 4 saturated carbocycles. The summed E-state index contributed by atoms with van der Waals surface area (Å²) < 4.78 is 41.2. The van der Waals surface area contributed by atoms with Crippen molar-refractivity contribution >= 4 is 27.5 Å². The monoisotopic (exact) mass is 456 g/mol. The molecule has 4 fully saturated rings. The largest absolute Gasteiger partial charge is 0.433 e. The van der Waals surface area contributed by atoms with Crippen LogP contribution in [0, 0.1) is 24.7 Å². The molecule has 4 bridgehead atoms. The topological polar surface area (TPSA) is 59.3 Å². The maximum Gasteiger partial charge on any atom is 0.433 e. The van der Waals surface area contributed by atoms with Crippen molar-refractivity contribution in [2.75, 3.05) is 0 Å². The molecule has 0 unspecified atom stereocenters. The third-order valence-corrected chi connectivity index (χ3v) is 7.31. The molecule has 1 N–H and O–H groups in total. The number of carbonyl (C=O) groups is 1. The van der Waals surface area contributed by atoms with E-state index in [0.717, 1.165) is 25.3 Å². The molecule has 0 spiro atoms. The van der Waals surface area contributed by atoms with E-state index < -0.39 is 17.8 Å². The Balaban J connectivity index is 1.51. The molecule has 1 amide bonds.